The van der Waals surface area contributed by atoms with E-state index in [1.54, 1.807) is 24.3 Å². The molecule has 0 fully saturated rings. The van der Waals surface area contributed by atoms with E-state index in [-0.39, 0.29) is 23.8 Å². The minimum atomic E-state index is -1.01. The van der Waals surface area contributed by atoms with E-state index in [4.69, 9.17) is 13.9 Å². The molecule has 1 unspecified atom stereocenters. The van der Waals surface area contributed by atoms with Crippen molar-refractivity contribution in [2.75, 3.05) is 17.0 Å². The molecule has 4 aromatic rings. The summed E-state index contributed by atoms with van der Waals surface area (Å²) >= 11 is 0. The largest absolute Gasteiger partial charge is 0.478 e. The fourth-order valence-electron chi connectivity index (χ4n) is 5.01. The molecule has 0 bridgehead atoms. The minimum Gasteiger partial charge on any atom is -0.478 e. The molecule has 0 saturated heterocycles. The monoisotopic (exact) mass is 484 g/mol. The summed E-state index contributed by atoms with van der Waals surface area (Å²) in [6.45, 7) is 5.17. The number of hydrogen-bond acceptors (Lipinski definition) is 7. The maximum atomic E-state index is 13.2. The van der Waals surface area contributed by atoms with Crippen LogP contribution in [-0.4, -0.2) is 17.9 Å². The quantitative estimate of drug-likeness (QED) is 0.398. The Morgan fingerprint density at radius 3 is 2.75 bits per heavy atom. The Hall–Kier alpha value is -4.46. The molecular formula is C28H24N2O6. The van der Waals surface area contributed by atoms with E-state index in [1.807, 2.05) is 43.0 Å². The van der Waals surface area contributed by atoms with E-state index in [0.29, 0.717) is 35.6 Å². The third-order valence-corrected chi connectivity index (χ3v) is 6.75. The van der Waals surface area contributed by atoms with Gasteiger partial charge in [0, 0.05) is 29.4 Å². The number of ether oxygens (including phenoxy) is 2. The highest BCUT2D eigenvalue weighted by Gasteiger charge is 2.29. The molecule has 36 heavy (non-hydrogen) atoms. The van der Waals surface area contributed by atoms with Crippen molar-refractivity contribution in [2.45, 2.75) is 33.0 Å². The van der Waals surface area contributed by atoms with Crippen LogP contribution in [0.25, 0.3) is 11.0 Å². The van der Waals surface area contributed by atoms with Crippen molar-refractivity contribution in [1.29, 1.82) is 0 Å². The molecule has 0 spiro atoms. The van der Waals surface area contributed by atoms with Crippen molar-refractivity contribution >= 4 is 28.5 Å². The lowest BCUT2D eigenvalue weighted by atomic mass is 10.0. The number of para-hydroxylation sites is 1. The van der Waals surface area contributed by atoms with Gasteiger partial charge in [0.15, 0.2) is 16.9 Å². The molecule has 8 heteroatoms. The minimum absolute atomic E-state index is 0.130. The topological polar surface area (TPSA) is 101 Å². The Morgan fingerprint density at radius 2 is 1.92 bits per heavy atom. The molecule has 6 rings (SSSR count). The van der Waals surface area contributed by atoms with Gasteiger partial charge in [0.25, 0.3) is 0 Å². The van der Waals surface area contributed by atoms with Crippen LogP contribution < -0.4 is 25.1 Å². The van der Waals surface area contributed by atoms with Gasteiger partial charge in [0.05, 0.1) is 23.5 Å². The van der Waals surface area contributed by atoms with E-state index in [9.17, 15) is 14.7 Å². The molecule has 0 aliphatic carbocycles. The fraction of sp³-hybridized carbons (Fsp3) is 0.214. The number of carboxylic acid groups (broad SMARTS) is 1. The predicted octanol–water partition coefficient (Wildman–Crippen LogP) is 5.22. The summed E-state index contributed by atoms with van der Waals surface area (Å²) in [5.74, 6) is 0.946. The van der Waals surface area contributed by atoms with Gasteiger partial charge < -0.3 is 29.2 Å². The average molecular weight is 485 g/mol. The van der Waals surface area contributed by atoms with E-state index in [1.165, 1.54) is 6.07 Å². The summed E-state index contributed by atoms with van der Waals surface area (Å²) in [4.78, 5) is 26.9. The van der Waals surface area contributed by atoms with Crippen LogP contribution in [0.1, 0.15) is 45.6 Å². The Bertz CT molecular complexity index is 1590. The van der Waals surface area contributed by atoms with E-state index >= 15 is 0 Å². The average Bonchev–Trinajstić information content (AvgIpc) is 3.51. The second-order valence-electron chi connectivity index (χ2n) is 9.19. The number of aromatic carboxylic acids is 1. The summed E-state index contributed by atoms with van der Waals surface area (Å²) in [6, 6.07) is 15.7. The number of carboxylic acids is 1. The zero-order chi connectivity index (χ0) is 25.0. The van der Waals surface area contributed by atoms with Crippen LogP contribution in [0.4, 0.5) is 11.6 Å². The third kappa shape index (κ3) is 3.62. The summed E-state index contributed by atoms with van der Waals surface area (Å²) in [5.41, 5.74) is 4.86. The van der Waals surface area contributed by atoms with Crippen LogP contribution in [0.5, 0.6) is 11.5 Å². The van der Waals surface area contributed by atoms with Crippen molar-refractivity contribution in [2.24, 2.45) is 0 Å². The SMILES string of the molecule is Cc1cc(C(C)Nc2ccccc2C(=O)O)c2oc(N3Cc4ccc5c(c4C3)OCO5)cc(=O)c2c1. The fourth-order valence-corrected chi connectivity index (χ4v) is 5.01. The molecule has 2 aliphatic heterocycles. The molecule has 0 radical (unpaired) electrons. The second-order valence-corrected chi connectivity index (χ2v) is 9.19. The molecule has 3 heterocycles. The lowest BCUT2D eigenvalue weighted by Gasteiger charge is -2.21. The van der Waals surface area contributed by atoms with Gasteiger partial charge in [-0.25, -0.2) is 4.79 Å². The molecule has 2 N–H and O–H groups in total. The van der Waals surface area contributed by atoms with Crippen LogP contribution in [-0.2, 0) is 13.1 Å². The predicted molar refractivity (Wildman–Crippen MR) is 135 cm³/mol. The van der Waals surface area contributed by atoms with Gasteiger partial charge in [0.1, 0.15) is 5.58 Å². The number of benzene rings is 3. The molecule has 1 atom stereocenters. The van der Waals surface area contributed by atoms with Crippen molar-refractivity contribution in [3.63, 3.8) is 0 Å². The Balaban J connectivity index is 1.40. The van der Waals surface area contributed by atoms with Gasteiger partial charge in [-0.15, -0.1) is 0 Å². The summed E-state index contributed by atoms with van der Waals surface area (Å²) in [7, 11) is 0. The van der Waals surface area contributed by atoms with Crippen LogP contribution >= 0.6 is 0 Å². The van der Waals surface area contributed by atoms with Crippen molar-refractivity contribution in [3.8, 4) is 11.5 Å². The van der Waals surface area contributed by atoms with Gasteiger partial charge in [-0.1, -0.05) is 24.3 Å². The smallest absolute Gasteiger partial charge is 0.337 e. The molecule has 182 valence electrons. The summed E-state index contributed by atoms with van der Waals surface area (Å²) in [6.07, 6.45) is 0. The molecular weight excluding hydrogens is 460 g/mol. The van der Waals surface area contributed by atoms with Crippen LogP contribution in [0.2, 0.25) is 0 Å². The molecule has 0 saturated carbocycles. The molecule has 1 aromatic heterocycles. The first-order chi connectivity index (χ1) is 17.4. The molecule has 3 aromatic carbocycles. The summed E-state index contributed by atoms with van der Waals surface area (Å²) < 4.78 is 17.6. The number of nitrogens with zero attached hydrogens (tertiary/aromatic N) is 1. The highest BCUT2D eigenvalue weighted by Crippen LogP contribution is 2.42. The Labute approximate surface area is 206 Å². The normalized spacial score (nSPS) is 14.7. The van der Waals surface area contributed by atoms with Gasteiger partial charge in [0.2, 0.25) is 12.7 Å². The maximum Gasteiger partial charge on any atom is 0.337 e. The Morgan fingerprint density at radius 1 is 1.08 bits per heavy atom. The molecule has 8 nitrogen and oxygen atoms in total. The first kappa shape index (κ1) is 22.0. The zero-order valence-electron chi connectivity index (χ0n) is 19.8. The van der Waals surface area contributed by atoms with E-state index in [2.05, 4.69) is 5.32 Å². The van der Waals surface area contributed by atoms with Gasteiger partial charge in [-0.2, -0.15) is 0 Å². The highest BCUT2D eigenvalue weighted by molar-refractivity contribution is 5.94. The number of fused-ring (bicyclic) bond motifs is 4. The first-order valence-electron chi connectivity index (χ1n) is 11.7. The van der Waals surface area contributed by atoms with Gasteiger partial charge in [-0.3, -0.25) is 4.79 Å². The number of aryl methyl sites for hydroxylation is 1. The van der Waals surface area contributed by atoms with Gasteiger partial charge >= 0.3 is 5.97 Å². The van der Waals surface area contributed by atoms with E-state index < -0.39 is 5.97 Å². The number of rotatable bonds is 5. The van der Waals surface area contributed by atoms with Crippen molar-refractivity contribution in [3.05, 3.63) is 92.6 Å². The van der Waals surface area contributed by atoms with Gasteiger partial charge in [-0.05, 0) is 49.2 Å². The Kier molecular flexibility index (Phi) is 5.10. The number of carbonyl (C=O) groups is 1. The lowest BCUT2D eigenvalue weighted by molar-refractivity contribution is 0.0698. The number of nitrogens with one attached hydrogen (secondary N) is 1. The number of hydrogen-bond donors (Lipinski definition) is 2. The zero-order valence-corrected chi connectivity index (χ0v) is 19.8. The second kappa shape index (κ2) is 8.34. The lowest BCUT2D eigenvalue weighted by Crippen LogP contribution is -2.18. The van der Waals surface area contributed by atoms with E-state index in [0.717, 1.165) is 33.8 Å². The standard InChI is InChI=1S/C28H24N2O6/c1-15-9-19(16(2)29-22-6-4-3-5-18(22)28(32)33)26-20(10-15)23(31)11-25(36-26)30-12-17-7-8-24-27(21(17)13-30)35-14-34-24/h3-11,16,29H,12-14H2,1-2H3,(H,32,33). The van der Waals surface area contributed by atoms with Crippen LogP contribution in [0.3, 0.4) is 0 Å². The third-order valence-electron chi connectivity index (χ3n) is 6.75. The van der Waals surface area contributed by atoms with Crippen LogP contribution in [0, 0.1) is 6.92 Å². The molecule has 2 aliphatic rings. The van der Waals surface area contributed by atoms with Crippen molar-refractivity contribution in [1.82, 2.24) is 0 Å². The highest BCUT2D eigenvalue weighted by atomic mass is 16.7. The van der Waals surface area contributed by atoms with Crippen LogP contribution in [0.15, 0.2) is 63.8 Å². The summed E-state index contributed by atoms with van der Waals surface area (Å²) in [5, 5.41) is 13.4. The molecule has 0 amide bonds. The van der Waals surface area contributed by atoms with Crippen molar-refractivity contribution < 1.29 is 23.8 Å². The number of anilines is 2. The first-order valence-corrected chi connectivity index (χ1v) is 11.7. The maximum absolute atomic E-state index is 13.2.